The van der Waals surface area contributed by atoms with Crippen LogP contribution in [-0.2, 0) is 9.53 Å². The Morgan fingerprint density at radius 2 is 1.71 bits per heavy atom. The molecule has 0 heterocycles. The molecule has 0 bridgehead atoms. The number of ether oxygens (including phenoxy) is 1. The van der Waals surface area contributed by atoms with Crippen molar-refractivity contribution in [2.45, 2.75) is 6.92 Å². The van der Waals surface area contributed by atoms with Crippen LogP contribution in [0.5, 0.6) is 0 Å². The summed E-state index contributed by atoms with van der Waals surface area (Å²) in [5.41, 5.74) is -4.74. The number of hydrogen-bond acceptors (Lipinski definition) is 6. The molecule has 0 radical (unpaired) electrons. The molecule has 0 spiro atoms. The van der Waals surface area contributed by atoms with E-state index in [0.29, 0.717) is 0 Å². The zero-order valence-corrected chi connectivity index (χ0v) is 13.1. The molecule has 0 aliphatic heterocycles. The molecular formula is C14H13F3N2O5. The van der Waals surface area contributed by atoms with Gasteiger partial charge in [-0.05, 0) is 6.92 Å². The Morgan fingerprint density at radius 3 is 2.12 bits per heavy atom. The highest BCUT2D eigenvalue weighted by atomic mass is 19.2. The molecule has 1 aromatic carbocycles. The quantitative estimate of drug-likeness (QED) is 0.119. The highest BCUT2D eigenvalue weighted by Gasteiger charge is 2.37. The van der Waals surface area contributed by atoms with Crippen LogP contribution in [0, 0.1) is 34.5 Å². The molecule has 7 nitrogen and oxygen atoms in total. The lowest BCUT2D eigenvalue weighted by atomic mass is 9.98. The number of rotatable bonds is 5. The molecule has 10 heteroatoms. The van der Waals surface area contributed by atoms with Gasteiger partial charge in [-0.2, -0.15) is 4.39 Å². The zero-order valence-electron chi connectivity index (χ0n) is 13.1. The second-order valence-electron chi connectivity index (χ2n) is 4.87. The molecule has 130 valence electrons. The first kappa shape index (κ1) is 19.1. The number of Topliss-reactive ketones (excluding diaryl/α,β-unsaturated/α-hetero) is 1. The topological polar surface area (TPSA) is 89.8 Å². The van der Waals surface area contributed by atoms with Gasteiger partial charge in [-0.15, -0.1) is 0 Å². The second-order valence-corrected chi connectivity index (χ2v) is 4.87. The molecule has 0 unspecified atom stereocenters. The van der Waals surface area contributed by atoms with Crippen LogP contribution in [-0.4, -0.2) is 42.8 Å². The van der Waals surface area contributed by atoms with E-state index in [9.17, 15) is 32.9 Å². The largest absolute Gasteiger partial charge is 0.465 e. The number of carbonyl (C=O) groups excluding carboxylic acids is 2. The molecule has 0 aliphatic rings. The number of ketones is 1. The van der Waals surface area contributed by atoms with Crippen LogP contribution in [0.3, 0.4) is 0 Å². The smallest absolute Gasteiger partial charge is 0.343 e. The average molecular weight is 346 g/mol. The minimum Gasteiger partial charge on any atom is -0.465 e. The number of hydrogen-bond donors (Lipinski definition) is 0. The third-order valence-electron chi connectivity index (χ3n) is 2.96. The van der Waals surface area contributed by atoms with Gasteiger partial charge < -0.3 is 9.64 Å². The second kappa shape index (κ2) is 7.11. The number of benzene rings is 1. The molecule has 0 fully saturated rings. The average Bonchev–Trinajstić information content (AvgIpc) is 2.51. The van der Waals surface area contributed by atoms with Gasteiger partial charge in [-0.3, -0.25) is 14.9 Å². The molecule has 0 aliphatic carbocycles. The first-order valence-electron chi connectivity index (χ1n) is 6.37. The van der Waals surface area contributed by atoms with Gasteiger partial charge in [0.15, 0.2) is 5.82 Å². The Labute approximate surface area is 134 Å². The molecule has 24 heavy (non-hydrogen) atoms. The Hall–Kier alpha value is -2.91. The van der Waals surface area contributed by atoms with Crippen molar-refractivity contribution in [1.82, 2.24) is 4.90 Å². The number of esters is 1. The Kier molecular flexibility index (Phi) is 5.67. The monoisotopic (exact) mass is 346 g/mol. The summed E-state index contributed by atoms with van der Waals surface area (Å²) in [6, 6.07) is 0. The maximum absolute atomic E-state index is 14.3. The normalized spacial score (nSPS) is 11.2. The first-order chi connectivity index (χ1) is 11.0. The number of halogens is 3. The minimum absolute atomic E-state index is 0.782. The van der Waals surface area contributed by atoms with Crippen LogP contribution < -0.4 is 0 Å². The highest BCUT2D eigenvalue weighted by molar-refractivity contribution is 6.25. The van der Waals surface area contributed by atoms with E-state index < -0.39 is 56.5 Å². The van der Waals surface area contributed by atoms with Gasteiger partial charge in [0.05, 0.1) is 12.0 Å². The maximum Gasteiger partial charge on any atom is 0.343 e. The molecule has 0 aromatic heterocycles. The van der Waals surface area contributed by atoms with Crippen molar-refractivity contribution >= 4 is 17.4 Å². The van der Waals surface area contributed by atoms with E-state index in [1.54, 1.807) is 0 Å². The summed E-state index contributed by atoms with van der Waals surface area (Å²) in [6.45, 7) is 0.807. The summed E-state index contributed by atoms with van der Waals surface area (Å²) >= 11 is 0. The molecule has 0 saturated carbocycles. The van der Waals surface area contributed by atoms with Gasteiger partial charge in [-0.1, -0.05) is 0 Å². The standard InChI is InChI=1S/C14H13F3N2O5/c1-6-9(15)8(12(19(22)23)11(17)10(6)16)13(20)7(5-18(2)3)14(21)24-4/h5H,1-4H3. The number of methoxy groups -OCH3 is 1. The summed E-state index contributed by atoms with van der Waals surface area (Å²) in [5.74, 6) is -8.12. The zero-order chi connectivity index (χ0) is 18.8. The van der Waals surface area contributed by atoms with Gasteiger partial charge in [0.2, 0.25) is 11.6 Å². The molecule has 1 rings (SSSR count). The third kappa shape index (κ3) is 3.36. The Balaban J connectivity index is 3.80. The Morgan fingerprint density at radius 1 is 1.17 bits per heavy atom. The van der Waals surface area contributed by atoms with Crippen LogP contribution >= 0.6 is 0 Å². The van der Waals surface area contributed by atoms with E-state index in [1.807, 2.05) is 0 Å². The minimum atomic E-state index is -1.99. The Bertz CT molecular complexity index is 760. The number of nitro groups is 1. The van der Waals surface area contributed by atoms with Crippen LogP contribution in [0.25, 0.3) is 0 Å². The van der Waals surface area contributed by atoms with E-state index in [1.165, 1.54) is 19.0 Å². The predicted molar refractivity (Wildman–Crippen MR) is 75.8 cm³/mol. The van der Waals surface area contributed by atoms with E-state index in [2.05, 4.69) is 4.74 Å². The molecule has 0 amide bonds. The van der Waals surface area contributed by atoms with Crippen molar-refractivity contribution < 1.29 is 32.4 Å². The lowest BCUT2D eigenvalue weighted by Crippen LogP contribution is -2.21. The van der Waals surface area contributed by atoms with Gasteiger partial charge in [-0.25, -0.2) is 13.6 Å². The lowest BCUT2D eigenvalue weighted by molar-refractivity contribution is -0.388. The van der Waals surface area contributed by atoms with E-state index in [4.69, 9.17) is 0 Å². The van der Waals surface area contributed by atoms with Crippen LogP contribution in [0.4, 0.5) is 18.9 Å². The number of nitro benzene ring substituents is 1. The van der Waals surface area contributed by atoms with E-state index in [-0.39, 0.29) is 0 Å². The van der Waals surface area contributed by atoms with Gasteiger partial charge >= 0.3 is 11.7 Å². The van der Waals surface area contributed by atoms with Crippen molar-refractivity contribution in [3.05, 3.63) is 50.5 Å². The SMILES string of the molecule is COC(=O)C(=CN(C)C)C(=O)c1c(F)c(C)c(F)c(F)c1[N+](=O)[O-]. The van der Waals surface area contributed by atoms with Crippen molar-refractivity contribution in [3.8, 4) is 0 Å². The summed E-state index contributed by atoms with van der Waals surface area (Å²) in [5, 5.41) is 11.0. The summed E-state index contributed by atoms with van der Waals surface area (Å²) < 4.78 is 46.0. The van der Waals surface area contributed by atoms with Crippen LogP contribution in [0.1, 0.15) is 15.9 Å². The molecule has 0 saturated heterocycles. The maximum atomic E-state index is 14.3. The van der Waals surface area contributed by atoms with Crippen molar-refractivity contribution in [1.29, 1.82) is 0 Å². The van der Waals surface area contributed by atoms with Crippen molar-refractivity contribution in [2.75, 3.05) is 21.2 Å². The molecule has 0 atom stereocenters. The fourth-order valence-corrected chi connectivity index (χ4v) is 1.85. The van der Waals surface area contributed by atoms with Crippen molar-refractivity contribution in [3.63, 3.8) is 0 Å². The first-order valence-corrected chi connectivity index (χ1v) is 6.37. The number of carbonyl (C=O) groups is 2. The summed E-state index contributed by atoms with van der Waals surface area (Å²) in [4.78, 5) is 34.9. The van der Waals surface area contributed by atoms with E-state index in [0.717, 1.165) is 20.2 Å². The molecular weight excluding hydrogens is 333 g/mol. The fourth-order valence-electron chi connectivity index (χ4n) is 1.85. The summed E-state index contributed by atoms with van der Waals surface area (Å²) in [6.07, 6.45) is 0.925. The lowest BCUT2D eigenvalue weighted by Gasteiger charge is -2.12. The predicted octanol–water partition coefficient (Wildman–Crippen LogP) is 2.12. The van der Waals surface area contributed by atoms with Crippen LogP contribution in [0.2, 0.25) is 0 Å². The molecule has 1 aromatic rings. The third-order valence-corrected chi connectivity index (χ3v) is 2.96. The fraction of sp³-hybridized carbons (Fsp3) is 0.286. The molecule has 0 N–H and O–H groups in total. The van der Waals surface area contributed by atoms with Gasteiger partial charge in [0.1, 0.15) is 17.0 Å². The number of nitrogens with zero attached hydrogens (tertiary/aromatic N) is 2. The van der Waals surface area contributed by atoms with E-state index >= 15 is 0 Å². The highest BCUT2D eigenvalue weighted by Crippen LogP contribution is 2.32. The van der Waals surface area contributed by atoms with Gasteiger partial charge in [0.25, 0.3) is 0 Å². The van der Waals surface area contributed by atoms with Crippen molar-refractivity contribution in [2.24, 2.45) is 0 Å². The van der Waals surface area contributed by atoms with Gasteiger partial charge in [0, 0.05) is 25.9 Å². The van der Waals surface area contributed by atoms with Crippen LogP contribution in [0.15, 0.2) is 11.8 Å². The summed E-state index contributed by atoms with van der Waals surface area (Å²) in [7, 11) is 3.76.